The molecular formula is C10H18O3. The molecule has 1 fully saturated rings. The van der Waals surface area contributed by atoms with Crippen molar-refractivity contribution in [2.45, 2.75) is 45.6 Å². The molecule has 2 N–H and O–H groups in total. The summed E-state index contributed by atoms with van der Waals surface area (Å²) in [6, 6.07) is 0. The maximum atomic E-state index is 10.4. The summed E-state index contributed by atoms with van der Waals surface area (Å²) in [5.41, 5.74) is 0.282. The van der Waals surface area contributed by atoms with Gasteiger partial charge in [-0.05, 0) is 30.6 Å². The van der Waals surface area contributed by atoms with E-state index in [0.29, 0.717) is 0 Å². The number of carboxylic acid groups (broad SMARTS) is 1. The molecular weight excluding hydrogens is 168 g/mol. The van der Waals surface area contributed by atoms with Crippen LogP contribution >= 0.6 is 0 Å². The summed E-state index contributed by atoms with van der Waals surface area (Å²) >= 11 is 0. The van der Waals surface area contributed by atoms with Crippen LogP contribution in [-0.2, 0) is 4.79 Å². The van der Waals surface area contributed by atoms with Crippen LogP contribution in [0.3, 0.4) is 0 Å². The maximum absolute atomic E-state index is 10.4. The van der Waals surface area contributed by atoms with Crippen LogP contribution < -0.4 is 0 Å². The molecule has 1 unspecified atom stereocenters. The minimum atomic E-state index is -0.905. The highest BCUT2D eigenvalue weighted by molar-refractivity contribution is 5.67. The van der Waals surface area contributed by atoms with Crippen molar-refractivity contribution in [3.05, 3.63) is 0 Å². The molecule has 0 radical (unpaired) electrons. The van der Waals surface area contributed by atoms with Crippen LogP contribution in [0.15, 0.2) is 0 Å². The Balaban J connectivity index is 2.42. The minimum Gasteiger partial charge on any atom is -0.481 e. The zero-order chi connectivity index (χ0) is 10.1. The first-order chi connectivity index (χ1) is 5.91. The zero-order valence-corrected chi connectivity index (χ0v) is 8.29. The Morgan fingerprint density at radius 2 is 2.23 bits per heavy atom. The molecule has 0 heterocycles. The van der Waals surface area contributed by atoms with Crippen molar-refractivity contribution in [3.63, 3.8) is 0 Å². The van der Waals surface area contributed by atoms with Gasteiger partial charge in [-0.3, -0.25) is 4.79 Å². The highest BCUT2D eigenvalue weighted by Gasteiger charge is 2.35. The van der Waals surface area contributed by atoms with Crippen molar-refractivity contribution in [2.24, 2.45) is 11.3 Å². The van der Waals surface area contributed by atoms with Gasteiger partial charge in [-0.2, -0.15) is 0 Å². The Kier molecular flexibility index (Phi) is 2.96. The summed E-state index contributed by atoms with van der Waals surface area (Å²) in [5, 5.41) is 18.1. The third kappa shape index (κ3) is 2.99. The first-order valence-electron chi connectivity index (χ1n) is 4.80. The predicted molar refractivity (Wildman–Crippen MR) is 49.4 cm³/mol. The van der Waals surface area contributed by atoms with Gasteiger partial charge in [-0.25, -0.2) is 0 Å². The van der Waals surface area contributed by atoms with Crippen molar-refractivity contribution in [1.29, 1.82) is 0 Å². The molecule has 0 spiro atoms. The van der Waals surface area contributed by atoms with E-state index in [1.165, 1.54) is 0 Å². The quantitative estimate of drug-likeness (QED) is 0.704. The van der Waals surface area contributed by atoms with Gasteiger partial charge < -0.3 is 10.2 Å². The molecule has 13 heavy (non-hydrogen) atoms. The van der Waals surface area contributed by atoms with Crippen LogP contribution in [0.2, 0.25) is 0 Å². The lowest BCUT2D eigenvalue weighted by molar-refractivity contribution is -0.140. The van der Waals surface area contributed by atoms with Gasteiger partial charge in [0.05, 0.1) is 12.5 Å². The second-order valence-corrected chi connectivity index (χ2v) is 4.83. The van der Waals surface area contributed by atoms with Gasteiger partial charge in [0.15, 0.2) is 0 Å². The molecule has 3 nitrogen and oxygen atoms in total. The fourth-order valence-corrected chi connectivity index (χ4v) is 2.16. The monoisotopic (exact) mass is 186 g/mol. The van der Waals surface area contributed by atoms with Crippen LogP contribution in [0.1, 0.15) is 39.5 Å². The van der Waals surface area contributed by atoms with Gasteiger partial charge in [0, 0.05) is 0 Å². The Bertz CT molecular complexity index is 198. The number of rotatable bonds is 3. The van der Waals surface area contributed by atoms with Crippen LogP contribution in [-0.4, -0.2) is 22.3 Å². The highest BCUT2D eigenvalue weighted by Crippen LogP contribution is 2.42. The van der Waals surface area contributed by atoms with Crippen LogP contribution in [0.25, 0.3) is 0 Å². The Labute approximate surface area is 78.8 Å². The van der Waals surface area contributed by atoms with E-state index in [0.717, 1.165) is 19.3 Å². The number of hydrogen-bond donors (Lipinski definition) is 2. The average Bonchev–Trinajstić information content (AvgIpc) is 2.28. The molecule has 76 valence electrons. The van der Waals surface area contributed by atoms with E-state index >= 15 is 0 Å². The van der Waals surface area contributed by atoms with Gasteiger partial charge in [0.1, 0.15) is 0 Å². The molecule has 2 atom stereocenters. The summed E-state index contributed by atoms with van der Waals surface area (Å²) < 4.78 is 0. The Hall–Kier alpha value is -0.570. The molecule has 1 aliphatic rings. The second kappa shape index (κ2) is 3.66. The molecule has 0 aliphatic heterocycles. The standard InChI is InChI=1S/C10H18O3/c1-10(2)4-3-7(6-10)8(11)5-9(12)13/h7-8,11H,3-6H2,1-2H3,(H,12,13)/t7?,8-/m1/s1. The van der Waals surface area contributed by atoms with Crippen molar-refractivity contribution >= 4 is 5.97 Å². The first kappa shape index (κ1) is 10.5. The van der Waals surface area contributed by atoms with Crippen LogP contribution in [0, 0.1) is 11.3 Å². The normalized spacial score (nSPS) is 28.7. The number of carboxylic acids is 1. The molecule has 1 rings (SSSR count). The fourth-order valence-electron chi connectivity index (χ4n) is 2.16. The molecule has 0 amide bonds. The maximum Gasteiger partial charge on any atom is 0.305 e. The highest BCUT2D eigenvalue weighted by atomic mass is 16.4. The Morgan fingerprint density at radius 3 is 2.62 bits per heavy atom. The summed E-state index contributed by atoms with van der Waals surface area (Å²) in [7, 11) is 0. The van der Waals surface area contributed by atoms with E-state index in [9.17, 15) is 9.90 Å². The molecule has 0 aromatic heterocycles. The molecule has 0 aromatic carbocycles. The van der Waals surface area contributed by atoms with Gasteiger partial charge in [0.2, 0.25) is 0 Å². The van der Waals surface area contributed by atoms with Gasteiger partial charge in [-0.1, -0.05) is 13.8 Å². The first-order valence-corrected chi connectivity index (χ1v) is 4.80. The van der Waals surface area contributed by atoms with E-state index in [2.05, 4.69) is 13.8 Å². The minimum absolute atomic E-state index is 0.110. The van der Waals surface area contributed by atoms with E-state index in [4.69, 9.17) is 5.11 Å². The number of aliphatic carboxylic acids is 1. The van der Waals surface area contributed by atoms with Crippen molar-refractivity contribution in [3.8, 4) is 0 Å². The number of aliphatic hydroxyl groups excluding tert-OH is 1. The summed E-state index contributed by atoms with van der Waals surface area (Å²) in [4.78, 5) is 10.4. The topological polar surface area (TPSA) is 57.5 Å². The van der Waals surface area contributed by atoms with Gasteiger partial charge in [-0.15, -0.1) is 0 Å². The average molecular weight is 186 g/mol. The molecule has 1 aliphatic carbocycles. The van der Waals surface area contributed by atoms with Crippen molar-refractivity contribution < 1.29 is 15.0 Å². The SMILES string of the molecule is CC1(C)CCC([C@H](O)CC(=O)O)C1. The van der Waals surface area contributed by atoms with Crippen molar-refractivity contribution in [2.75, 3.05) is 0 Å². The Morgan fingerprint density at radius 1 is 1.62 bits per heavy atom. The van der Waals surface area contributed by atoms with E-state index in [-0.39, 0.29) is 17.8 Å². The van der Waals surface area contributed by atoms with Crippen LogP contribution in [0.4, 0.5) is 0 Å². The lowest BCUT2D eigenvalue weighted by Crippen LogP contribution is -2.22. The lowest BCUT2D eigenvalue weighted by Gasteiger charge is -2.19. The van der Waals surface area contributed by atoms with E-state index in [1.54, 1.807) is 0 Å². The van der Waals surface area contributed by atoms with Crippen LogP contribution in [0.5, 0.6) is 0 Å². The molecule has 0 bridgehead atoms. The van der Waals surface area contributed by atoms with E-state index in [1.807, 2.05) is 0 Å². The molecule has 3 heteroatoms. The summed E-state index contributed by atoms with van der Waals surface area (Å²) in [6.07, 6.45) is 2.23. The smallest absolute Gasteiger partial charge is 0.305 e. The fraction of sp³-hybridized carbons (Fsp3) is 0.900. The number of carbonyl (C=O) groups is 1. The van der Waals surface area contributed by atoms with E-state index < -0.39 is 12.1 Å². The molecule has 1 saturated carbocycles. The third-order valence-corrected chi connectivity index (χ3v) is 2.93. The van der Waals surface area contributed by atoms with Gasteiger partial charge >= 0.3 is 5.97 Å². The summed E-state index contributed by atoms with van der Waals surface area (Å²) in [6.45, 7) is 4.33. The van der Waals surface area contributed by atoms with Gasteiger partial charge in [0.25, 0.3) is 0 Å². The number of aliphatic hydroxyl groups is 1. The second-order valence-electron chi connectivity index (χ2n) is 4.83. The largest absolute Gasteiger partial charge is 0.481 e. The zero-order valence-electron chi connectivity index (χ0n) is 8.29. The molecule has 0 saturated heterocycles. The summed E-state index contributed by atoms with van der Waals surface area (Å²) in [5.74, 6) is -0.719. The predicted octanol–water partition coefficient (Wildman–Crippen LogP) is 1.65. The molecule has 0 aromatic rings. The van der Waals surface area contributed by atoms with Crippen molar-refractivity contribution in [1.82, 2.24) is 0 Å². The number of hydrogen-bond acceptors (Lipinski definition) is 2. The third-order valence-electron chi connectivity index (χ3n) is 2.93. The lowest BCUT2D eigenvalue weighted by atomic mass is 9.89.